The highest BCUT2D eigenvalue weighted by Crippen LogP contribution is 2.40. The summed E-state index contributed by atoms with van der Waals surface area (Å²) in [6.07, 6.45) is 1.63. The second kappa shape index (κ2) is 4.52. The molecular weight excluding hydrogens is 252 g/mol. The van der Waals surface area contributed by atoms with Crippen LogP contribution in [0.3, 0.4) is 0 Å². The number of hydrogen-bond donors (Lipinski definition) is 1. The van der Waals surface area contributed by atoms with E-state index in [9.17, 15) is 4.79 Å². The van der Waals surface area contributed by atoms with Gasteiger partial charge in [-0.05, 0) is 32.0 Å². The van der Waals surface area contributed by atoms with Gasteiger partial charge in [-0.15, -0.1) is 0 Å². The molecule has 0 fully saturated rings. The molecule has 1 aliphatic rings. The Morgan fingerprint density at radius 2 is 1.95 bits per heavy atom. The van der Waals surface area contributed by atoms with Gasteiger partial charge in [0.1, 0.15) is 17.0 Å². The maximum Gasteiger partial charge on any atom is 0.256 e. The van der Waals surface area contributed by atoms with Crippen LogP contribution in [0, 0.1) is 0 Å². The summed E-state index contributed by atoms with van der Waals surface area (Å²) in [6, 6.07) is 10.9. The minimum atomic E-state index is -0.371. The number of anilines is 1. The van der Waals surface area contributed by atoms with Crippen LogP contribution in [-0.2, 0) is 5.54 Å². The zero-order valence-electron chi connectivity index (χ0n) is 11.3. The van der Waals surface area contributed by atoms with Crippen LogP contribution >= 0.6 is 0 Å². The molecule has 100 valence electrons. The summed E-state index contributed by atoms with van der Waals surface area (Å²) in [6.45, 7) is 3.95. The number of nitrogens with one attached hydrogen (secondary N) is 1. The number of rotatable bonds is 2. The van der Waals surface area contributed by atoms with Crippen LogP contribution in [-0.4, -0.2) is 10.9 Å². The molecule has 0 bridgehead atoms. The molecule has 20 heavy (non-hydrogen) atoms. The van der Waals surface area contributed by atoms with E-state index in [1.54, 1.807) is 18.3 Å². The van der Waals surface area contributed by atoms with Gasteiger partial charge in [-0.25, -0.2) is 4.98 Å². The molecule has 1 aliphatic heterocycles. The number of amides is 1. The predicted molar refractivity (Wildman–Crippen MR) is 76.2 cm³/mol. The molecule has 1 aromatic carbocycles. The smallest absolute Gasteiger partial charge is 0.256 e. The van der Waals surface area contributed by atoms with Crippen molar-refractivity contribution < 1.29 is 4.79 Å². The van der Waals surface area contributed by atoms with Gasteiger partial charge < -0.3 is 5.32 Å². The lowest BCUT2D eigenvalue weighted by Gasteiger charge is -2.14. The Labute approximate surface area is 116 Å². The molecule has 3 rings (SSSR count). The van der Waals surface area contributed by atoms with Crippen LogP contribution in [0.5, 0.6) is 0 Å². The van der Waals surface area contributed by atoms with E-state index >= 15 is 0 Å². The lowest BCUT2D eigenvalue weighted by Crippen LogP contribution is -2.15. The fourth-order valence-corrected chi connectivity index (χ4v) is 2.10. The van der Waals surface area contributed by atoms with Crippen LogP contribution in [0.2, 0.25) is 0 Å². The van der Waals surface area contributed by atoms with Crippen molar-refractivity contribution in [2.24, 2.45) is 10.2 Å². The second-order valence-electron chi connectivity index (χ2n) is 5.17. The highest BCUT2D eigenvalue weighted by Gasteiger charge is 2.29. The summed E-state index contributed by atoms with van der Waals surface area (Å²) in [4.78, 5) is 16.3. The van der Waals surface area contributed by atoms with E-state index < -0.39 is 0 Å². The fourth-order valence-electron chi connectivity index (χ4n) is 2.10. The molecule has 1 aromatic heterocycles. The number of azo groups is 1. The quantitative estimate of drug-likeness (QED) is 0.901. The van der Waals surface area contributed by atoms with Gasteiger partial charge in [0, 0.05) is 11.1 Å². The maximum absolute atomic E-state index is 12.1. The molecule has 2 heterocycles. The Kier molecular flexibility index (Phi) is 2.82. The van der Waals surface area contributed by atoms with E-state index in [0.29, 0.717) is 11.4 Å². The van der Waals surface area contributed by atoms with Gasteiger partial charge in [0.25, 0.3) is 5.91 Å². The first-order valence-electron chi connectivity index (χ1n) is 6.36. The molecule has 0 saturated heterocycles. The van der Waals surface area contributed by atoms with Crippen molar-refractivity contribution in [1.82, 2.24) is 4.98 Å². The van der Waals surface area contributed by atoms with E-state index in [2.05, 4.69) is 20.5 Å². The monoisotopic (exact) mass is 266 g/mol. The zero-order valence-corrected chi connectivity index (χ0v) is 11.3. The average Bonchev–Trinajstić information content (AvgIpc) is 2.75. The molecular formula is C15H14N4O. The molecule has 5 nitrogen and oxygen atoms in total. The molecule has 0 radical (unpaired) electrons. The van der Waals surface area contributed by atoms with Crippen LogP contribution in [0.15, 0.2) is 52.8 Å². The number of fused-ring (bicyclic) bond motifs is 1. The van der Waals surface area contributed by atoms with E-state index in [-0.39, 0.29) is 11.4 Å². The normalized spacial score (nSPS) is 14.9. The molecule has 1 N–H and O–H groups in total. The lowest BCUT2D eigenvalue weighted by molar-refractivity contribution is 0.102. The number of carbonyl (C=O) groups excluding carboxylic acids is 1. The molecule has 0 unspecified atom stereocenters. The Morgan fingerprint density at radius 3 is 2.70 bits per heavy atom. The van der Waals surface area contributed by atoms with Gasteiger partial charge >= 0.3 is 0 Å². The summed E-state index contributed by atoms with van der Waals surface area (Å²) >= 11 is 0. The predicted octanol–water partition coefficient (Wildman–Crippen LogP) is 3.67. The van der Waals surface area contributed by atoms with Gasteiger partial charge in [-0.1, -0.05) is 18.2 Å². The maximum atomic E-state index is 12.1. The first-order valence-corrected chi connectivity index (χ1v) is 6.36. The Morgan fingerprint density at radius 1 is 1.20 bits per heavy atom. The minimum absolute atomic E-state index is 0.178. The fraction of sp³-hybridized carbons (Fsp3) is 0.200. The third-order valence-corrected chi connectivity index (χ3v) is 3.23. The summed E-state index contributed by atoms with van der Waals surface area (Å²) in [5, 5.41) is 11.1. The van der Waals surface area contributed by atoms with E-state index in [1.165, 1.54) is 0 Å². The second-order valence-corrected chi connectivity index (χ2v) is 5.17. The van der Waals surface area contributed by atoms with Gasteiger partial charge in [-0.2, -0.15) is 10.2 Å². The first kappa shape index (κ1) is 12.5. The summed E-state index contributed by atoms with van der Waals surface area (Å²) in [5.41, 5.74) is 1.96. The first-order chi connectivity index (χ1) is 9.56. The molecule has 1 amide bonds. The van der Waals surface area contributed by atoms with E-state index in [4.69, 9.17) is 0 Å². The molecule has 0 spiro atoms. The number of aromatic nitrogens is 1. The van der Waals surface area contributed by atoms with Crippen molar-refractivity contribution in [3.05, 3.63) is 53.7 Å². The van der Waals surface area contributed by atoms with Crippen LogP contribution in [0.4, 0.5) is 11.5 Å². The van der Waals surface area contributed by atoms with Crippen molar-refractivity contribution in [2.45, 2.75) is 19.4 Å². The van der Waals surface area contributed by atoms with Crippen molar-refractivity contribution in [1.29, 1.82) is 0 Å². The van der Waals surface area contributed by atoms with Crippen LogP contribution in [0.25, 0.3) is 0 Å². The molecule has 2 aromatic rings. The van der Waals surface area contributed by atoms with E-state index in [1.807, 2.05) is 38.1 Å². The SMILES string of the molecule is CC1(C)N=Nc2cnc(NC(=O)c3ccccc3)cc21. The van der Waals surface area contributed by atoms with Crippen molar-refractivity contribution in [2.75, 3.05) is 5.32 Å². The molecule has 5 heteroatoms. The topological polar surface area (TPSA) is 66.7 Å². The average molecular weight is 266 g/mol. The molecule has 0 aliphatic carbocycles. The number of hydrogen-bond acceptors (Lipinski definition) is 4. The minimum Gasteiger partial charge on any atom is -0.307 e. The number of benzene rings is 1. The van der Waals surface area contributed by atoms with Gasteiger partial charge in [-0.3, -0.25) is 4.79 Å². The van der Waals surface area contributed by atoms with Gasteiger partial charge in [0.05, 0.1) is 6.20 Å². The zero-order chi connectivity index (χ0) is 14.2. The number of nitrogens with zero attached hydrogens (tertiary/aromatic N) is 3. The van der Waals surface area contributed by atoms with Crippen molar-refractivity contribution >= 4 is 17.4 Å². The lowest BCUT2D eigenvalue weighted by atomic mass is 9.96. The highest BCUT2D eigenvalue weighted by atomic mass is 16.1. The Bertz CT molecular complexity index is 692. The summed E-state index contributed by atoms with van der Waals surface area (Å²) < 4.78 is 0. The third kappa shape index (κ3) is 2.18. The number of carbonyl (C=O) groups is 1. The van der Waals surface area contributed by atoms with Crippen LogP contribution < -0.4 is 5.32 Å². The highest BCUT2D eigenvalue weighted by molar-refractivity contribution is 6.03. The standard InChI is InChI=1S/C15H14N4O/c1-15(2)11-8-13(16-9-12(11)18-19-15)17-14(20)10-6-4-3-5-7-10/h3-9H,1-2H3,(H,16,17,20). The van der Waals surface area contributed by atoms with E-state index in [0.717, 1.165) is 11.3 Å². The van der Waals surface area contributed by atoms with Gasteiger partial charge in [0.15, 0.2) is 0 Å². The van der Waals surface area contributed by atoms with Gasteiger partial charge in [0.2, 0.25) is 0 Å². The third-order valence-electron chi connectivity index (χ3n) is 3.23. The summed E-state index contributed by atoms with van der Waals surface area (Å²) in [5.74, 6) is 0.334. The molecule has 0 saturated carbocycles. The summed E-state index contributed by atoms with van der Waals surface area (Å²) in [7, 11) is 0. The Balaban J connectivity index is 1.85. The largest absolute Gasteiger partial charge is 0.307 e. The molecule has 0 atom stereocenters. The van der Waals surface area contributed by atoms with Crippen LogP contribution in [0.1, 0.15) is 29.8 Å². The Hall–Kier alpha value is -2.56. The van der Waals surface area contributed by atoms with Crippen molar-refractivity contribution in [3.8, 4) is 0 Å². The number of pyridine rings is 1. The van der Waals surface area contributed by atoms with Crippen molar-refractivity contribution in [3.63, 3.8) is 0 Å².